The maximum absolute atomic E-state index is 12.2. The first-order valence-corrected chi connectivity index (χ1v) is 6.61. The van der Waals surface area contributed by atoms with E-state index in [0.717, 1.165) is 32.1 Å². The van der Waals surface area contributed by atoms with Crippen molar-refractivity contribution in [1.29, 1.82) is 0 Å². The molecule has 0 bridgehead atoms. The number of unbranched alkanes of at least 4 members (excludes halogenated alkanes) is 1. The van der Waals surface area contributed by atoms with Crippen molar-refractivity contribution in [2.75, 3.05) is 6.54 Å². The number of carbonyl (C=O) groups is 2. The van der Waals surface area contributed by atoms with Crippen LogP contribution in [0.1, 0.15) is 52.4 Å². The van der Waals surface area contributed by atoms with Crippen molar-refractivity contribution >= 4 is 11.9 Å². The Morgan fingerprint density at radius 1 is 1.41 bits per heavy atom. The molecule has 17 heavy (non-hydrogen) atoms. The van der Waals surface area contributed by atoms with E-state index < -0.39 is 12.0 Å². The number of piperidine rings is 1. The van der Waals surface area contributed by atoms with Crippen LogP contribution in [0.4, 0.5) is 0 Å². The molecule has 0 aromatic rings. The van der Waals surface area contributed by atoms with E-state index in [9.17, 15) is 9.59 Å². The molecule has 1 heterocycles. The van der Waals surface area contributed by atoms with Crippen LogP contribution < -0.4 is 0 Å². The van der Waals surface area contributed by atoms with E-state index in [-0.39, 0.29) is 11.8 Å². The van der Waals surface area contributed by atoms with E-state index >= 15 is 0 Å². The third-order valence-electron chi connectivity index (χ3n) is 3.48. The van der Waals surface area contributed by atoms with Gasteiger partial charge < -0.3 is 10.0 Å². The zero-order valence-electron chi connectivity index (χ0n) is 10.8. The summed E-state index contributed by atoms with van der Waals surface area (Å²) in [4.78, 5) is 24.9. The lowest BCUT2D eigenvalue weighted by Gasteiger charge is -2.34. The third kappa shape index (κ3) is 3.72. The maximum atomic E-state index is 12.2. The summed E-state index contributed by atoms with van der Waals surface area (Å²) in [6.45, 7) is 4.61. The van der Waals surface area contributed by atoms with Crippen molar-refractivity contribution in [2.24, 2.45) is 5.92 Å². The van der Waals surface area contributed by atoms with Gasteiger partial charge >= 0.3 is 5.97 Å². The second-order valence-corrected chi connectivity index (χ2v) is 4.92. The molecule has 98 valence electrons. The summed E-state index contributed by atoms with van der Waals surface area (Å²) in [5, 5.41) is 9.12. The van der Waals surface area contributed by atoms with Crippen LogP contribution in [0.25, 0.3) is 0 Å². The van der Waals surface area contributed by atoms with Crippen LogP contribution in [0.2, 0.25) is 0 Å². The first kappa shape index (κ1) is 14.0. The van der Waals surface area contributed by atoms with Crippen LogP contribution in [0.5, 0.6) is 0 Å². The Hall–Kier alpha value is -1.06. The van der Waals surface area contributed by atoms with Gasteiger partial charge in [-0.1, -0.05) is 26.7 Å². The highest BCUT2D eigenvalue weighted by Crippen LogP contribution is 2.21. The van der Waals surface area contributed by atoms with E-state index in [1.54, 1.807) is 4.90 Å². The molecule has 0 aliphatic carbocycles. The molecule has 0 saturated carbocycles. The van der Waals surface area contributed by atoms with Crippen LogP contribution in [0.3, 0.4) is 0 Å². The van der Waals surface area contributed by atoms with Crippen LogP contribution in [-0.4, -0.2) is 34.5 Å². The summed E-state index contributed by atoms with van der Waals surface area (Å²) in [5.41, 5.74) is 0. The number of amides is 1. The first-order valence-electron chi connectivity index (χ1n) is 6.61. The summed E-state index contributed by atoms with van der Waals surface area (Å²) in [5.74, 6) is -0.888. The summed E-state index contributed by atoms with van der Waals surface area (Å²) >= 11 is 0. The predicted octanol–water partition coefficient (Wildman–Crippen LogP) is 2.28. The monoisotopic (exact) mass is 241 g/mol. The topological polar surface area (TPSA) is 57.6 Å². The number of rotatable bonds is 5. The first-order chi connectivity index (χ1) is 8.07. The average Bonchev–Trinajstić information content (AvgIpc) is 2.34. The lowest BCUT2D eigenvalue weighted by molar-refractivity contribution is -0.153. The molecule has 1 fully saturated rings. The minimum Gasteiger partial charge on any atom is -0.480 e. The number of nitrogens with zero attached hydrogens (tertiary/aromatic N) is 1. The lowest BCUT2D eigenvalue weighted by Crippen LogP contribution is -2.49. The maximum Gasteiger partial charge on any atom is 0.326 e. The molecular formula is C13H23NO3. The predicted molar refractivity (Wildman–Crippen MR) is 65.7 cm³/mol. The van der Waals surface area contributed by atoms with Crippen molar-refractivity contribution in [1.82, 2.24) is 4.90 Å². The number of aliphatic carboxylic acids is 1. The van der Waals surface area contributed by atoms with Gasteiger partial charge in [0, 0.05) is 12.5 Å². The number of carbonyl (C=O) groups excluding carboxylic acids is 1. The Kier molecular flexibility index (Phi) is 5.45. The minimum absolute atomic E-state index is 0.0190. The Morgan fingerprint density at radius 2 is 2.12 bits per heavy atom. The molecule has 0 spiro atoms. The van der Waals surface area contributed by atoms with Crippen molar-refractivity contribution in [3.05, 3.63) is 0 Å². The second-order valence-electron chi connectivity index (χ2n) is 4.92. The quantitative estimate of drug-likeness (QED) is 0.803. The molecule has 1 amide bonds. The second kappa shape index (κ2) is 6.62. The Labute approximate surface area is 103 Å². The van der Waals surface area contributed by atoms with Gasteiger partial charge in [0.1, 0.15) is 6.04 Å². The molecule has 0 aromatic heterocycles. The number of likely N-dealkylation sites (tertiary alicyclic amines) is 1. The molecule has 4 nitrogen and oxygen atoms in total. The smallest absolute Gasteiger partial charge is 0.326 e. The molecule has 1 aliphatic rings. The summed E-state index contributed by atoms with van der Waals surface area (Å²) in [6, 6.07) is -0.597. The normalized spacial score (nSPS) is 22.2. The van der Waals surface area contributed by atoms with Gasteiger partial charge in [0.15, 0.2) is 0 Å². The summed E-state index contributed by atoms with van der Waals surface area (Å²) < 4.78 is 0. The van der Waals surface area contributed by atoms with Gasteiger partial charge in [-0.3, -0.25) is 4.79 Å². The standard InChI is InChI=1S/C13H23NO3/c1-3-4-7-10(2)12(15)14-9-6-5-8-11(14)13(16)17/h10-11H,3-9H2,1-2H3,(H,16,17)/t10?,11-/m1/s1. The van der Waals surface area contributed by atoms with Gasteiger partial charge in [0.25, 0.3) is 0 Å². The molecule has 2 atom stereocenters. The van der Waals surface area contributed by atoms with E-state index in [0.29, 0.717) is 13.0 Å². The fraction of sp³-hybridized carbons (Fsp3) is 0.846. The number of carboxylic acid groups (broad SMARTS) is 1. The molecule has 0 aromatic carbocycles. The Balaban J connectivity index is 2.61. The van der Waals surface area contributed by atoms with Crippen molar-refractivity contribution in [3.8, 4) is 0 Å². The lowest BCUT2D eigenvalue weighted by atomic mass is 9.97. The van der Waals surface area contributed by atoms with Crippen LogP contribution in [0.15, 0.2) is 0 Å². The third-order valence-corrected chi connectivity index (χ3v) is 3.48. The van der Waals surface area contributed by atoms with Crippen molar-refractivity contribution in [2.45, 2.75) is 58.4 Å². The average molecular weight is 241 g/mol. The van der Waals surface area contributed by atoms with Gasteiger partial charge in [-0.2, -0.15) is 0 Å². The van der Waals surface area contributed by atoms with E-state index in [4.69, 9.17) is 5.11 Å². The van der Waals surface area contributed by atoms with E-state index in [1.165, 1.54) is 0 Å². The van der Waals surface area contributed by atoms with E-state index in [1.807, 2.05) is 6.92 Å². The zero-order chi connectivity index (χ0) is 12.8. The number of hydrogen-bond donors (Lipinski definition) is 1. The van der Waals surface area contributed by atoms with Gasteiger partial charge in [-0.25, -0.2) is 4.79 Å². The van der Waals surface area contributed by atoms with Gasteiger partial charge in [0.2, 0.25) is 5.91 Å². The number of hydrogen-bond acceptors (Lipinski definition) is 2. The molecule has 1 N–H and O–H groups in total. The van der Waals surface area contributed by atoms with Crippen LogP contribution in [-0.2, 0) is 9.59 Å². The van der Waals surface area contributed by atoms with Crippen LogP contribution in [0, 0.1) is 5.92 Å². The van der Waals surface area contributed by atoms with Crippen molar-refractivity contribution in [3.63, 3.8) is 0 Å². The highest BCUT2D eigenvalue weighted by Gasteiger charge is 2.33. The fourth-order valence-electron chi connectivity index (χ4n) is 2.37. The van der Waals surface area contributed by atoms with Gasteiger partial charge in [0.05, 0.1) is 0 Å². The highest BCUT2D eigenvalue weighted by molar-refractivity contribution is 5.85. The minimum atomic E-state index is -0.860. The van der Waals surface area contributed by atoms with Crippen molar-refractivity contribution < 1.29 is 14.7 Å². The van der Waals surface area contributed by atoms with Gasteiger partial charge in [-0.05, 0) is 25.7 Å². The fourth-order valence-corrected chi connectivity index (χ4v) is 2.37. The van der Waals surface area contributed by atoms with Crippen LogP contribution >= 0.6 is 0 Å². The SMILES string of the molecule is CCCCC(C)C(=O)N1CCCC[C@@H]1C(=O)O. The largest absolute Gasteiger partial charge is 0.480 e. The number of carboxylic acids is 1. The molecular weight excluding hydrogens is 218 g/mol. The molecule has 1 saturated heterocycles. The molecule has 1 rings (SSSR count). The highest BCUT2D eigenvalue weighted by atomic mass is 16.4. The molecule has 0 radical (unpaired) electrons. The summed E-state index contributed by atoms with van der Waals surface area (Å²) in [7, 11) is 0. The molecule has 4 heteroatoms. The Morgan fingerprint density at radius 3 is 2.71 bits per heavy atom. The van der Waals surface area contributed by atoms with Gasteiger partial charge in [-0.15, -0.1) is 0 Å². The molecule has 1 unspecified atom stereocenters. The van der Waals surface area contributed by atoms with E-state index in [2.05, 4.69) is 6.92 Å². The molecule has 1 aliphatic heterocycles. The Bertz CT molecular complexity index is 278. The zero-order valence-corrected chi connectivity index (χ0v) is 10.8. The summed E-state index contributed by atoms with van der Waals surface area (Å²) in [6.07, 6.45) is 5.39.